The second-order valence-electron chi connectivity index (χ2n) is 5.46. The Morgan fingerprint density at radius 1 is 0.962 bits per heavy atom. The summed E-state index contributed by atoms with van der Waals surface area (Å²) < 4.78 is 36.1. The van der Waals surface area contributed by atoms with Gasteiger partial charge in [-0.2, -0.15) is 0 Å². The minimum atomic E-state index is -1.11. The maximum Gasteiger partial charge on any atom is 0.343 e. The molecule has 0 saturated carbocycles. The molecule has 6 heteroatoms. The van der Waals surface area contributed by atoms with E-state index in [-0.39, 0.29) is 17.1 Å². The molecule has 0 aliphatic heterocycles. The maximum absolute atomic E-state index is 13.1. The number of hydrogen-bond acceptors (Lipinski definition) is 4. The normalized spacial score (nSPS) is 10.7. The van der Waals surface area contributed by atoms with E-state index in [2.05, 4.69) is 6.92 Å². The summed E-state index contributed by atoms with van der Waals surface area (Å²) in [7, 11) is 0. The Balaban J connectivity index is 1.93. The maximum atomic E-state index is 13.1. The number of carbonyl (C=O) groups is 2. The van der Waals surface area contributed by atoms with Crippen molar-refractivity contribution in [2.24, 2.45) is 0 Å². The van der Waals surface area contributed by atoms with E-state index in [1.54, 1.807) is 6.08 Å². The monoisotopic (exact) mass is 360 g/mol. The highest BCUT2D eigenvalue weighted by Gasteiger charge is 2.11. The number of hydrogen-bond donors (Lipinski definition) is 0. The molecule has 0 aliphatic carbocycles. The van der Waals surface area contributed by atoms with Crippen LogP contribution in [0.15, 0.2) is 54.6 Å². The van der Waals surface area contributed by atoms with Crippen molar-refractivity contribution < 1.29 is 27.8 Å². The Labute approximate surface area is 150 Å². The summed E-state index contributed by atoms with van der Waals surface area (Å²) >= 11 is 0. The SMILES string of the molecule is CCCC/C=C/C(=O)Oc1ccc(C(=O)Oc2ccc(F)c(F)c2)cc1. The second kappa shape index (κ2) is 9.46. The zero-order valence-electron chi connectivity index (χ0n) is 14.2. The molecule has 0 aromatic heterocycles. The van der Waals surface area contributed by atoms with Gasteiger partial charge in [-0.15, -0.1) is 0 Å². The molecular formula is C20H18F2O4. The van der Waals surface area contributed by atoms with E-state index >= 15 is 0 Å². The fourth-order valence-electron chi connectivity index (χ4n) is 2.02. The van der Waals surface area contributed by atoms with Crippen LogP contribution in [0.25, 0.3) is 0 Å². The first-order valence-corrected chi connectivity index (χ1v) is 8.15. The molecule has 0 unspecified atom stereocenters. The quantitative estimate of drug-likeness (QED) is 0.307. The topological polar surface area (TPSA) is 52.6 Å². The van der Waals surface area contributed by atoms with Crippen LogP contribution in [-0.4, -0.2) is 11.9 Å². The Morgan fingerprint density at radius 3 is 2.31 bits per heavy atom. The smallest absolute Gasteiger partial charge is 0.343 e. The van der Waals surface area contributed by atoms with Gasteiger partial charge in [0.25, 0.3) is 0 Å². The van der Waals surface area contributed by atoms with Gasteiger partial charge in [-0.1, -0.05) is 25.8 Å². The first-order chi connectivity index (χ1) is 12.5. The van der Waals surface area contributed by atoms with Gasteiger partial charge >= 0.3 is 11.9 Å². The van der Waals surface area contributed by atoms with Gasteiger partial charge in [0.1, 0.15) is 11.5 Å². The first kappa shape index (κ1) is 19.3. The van der Waals surface area contributed by atoms with Gasteiger partial charge in [0.15, 0.2) is 11.6 Å². The van der Waals surface area contributed by atoms with E-state index in [0.29, 0.717) is 0 Å². The Hall–Kier alpha value is -3.02. The van der Waals surface area contributed by atoms with Crippen LogP contribution < -0.4 is 9.47 Å². The molecule has 2 aromatic carbocycles. The third-order valence-electron chi connectivity index (χ3n) is 3.39. The molecule has 0 atom stereocenters. The average molecular weight is 360 g/mol. The van der Waals surface area contributed by atoms with Gasteiger partial charge in [-0.3, -0.25) is 0 Å². The van der Waals surface area contributed by atoms with Crippen molar-refractivity contribution in [2.45, 2.75) is 26.2 Å². The van der Waals surface area contributed by atoms with Crippen LogP contribution in [0.3, 0.4) is 0 Å². The van der Waals surface area contributed by atoms with Gasteiger partial charge in [0.05, 0.1) is 5.56 Å². The molecule has 2 aromatic rings. The predicted octanol–water partition coefficient (Wildman–Crippen LogP) is 4.84. The number of ether oxygens (including phenoxy) is 2. The molecule has 4 nitrogen and oxygen atoms in total. The summed E-state index contributed by atoms with van der Waals surface area (Å²) in [4.78, 5) is 23.6. The molecule has 0 saturated heterocycles. The predicted molar refractivity (Wildman–Crippen MR) is 92.1 cm³/mol. The van der Waals surface area contributed by atoms with E-state index in [4.69, 9.17) is 9.47 Å². The molecule has 0 fully saturated rings. The number of unbranched alkanes of at least 4 members (excludes halogenated alkanes) is 2. The van der Waals surface area contributed by atoms with Gasteiger partial charge in [0, 0.05) is 12.1 Å². The molecular weight excluding hydrogens is 342 g/mol. The minimum Gasteiger partial charge on any atom is -0.423 e. The fourth-order valence-corrected chi connectivity index (χ4v) is 2.02. The van der Waals surface area contributed by atoms with Crippen LogP contribution in [0.5, 0.6) is 11.5 Å². The van der Waals surface area contributed by atoms with Crippen LogP contribution in [0, 0.1) is 11.6 Å². The lowest BCUT2D eigenvalue weighted by molar-refractivity contribution is -0.129. The summed E-state index contributed by atoms with van der Waals surface area (Å²) in [5, 5.41) is 0. The number of allylic oxidation sites excluding steroid dienone is 1. The van der Waals surface area contributed by atoms with E-state index in [0.717, 1.165) is 37.5 Å². The van der Waals surface area contributed by atoms with Crippen LogP contribution in [0.4, 0.5) is 8.78 Å². The molecule has 0 spiro atoms. The van der Waals surface area contributed by atoms with E-state index < -0.39 is 23.6 Å². The van der Waals surface area contributed by atoms with Gasteiger partial charge in [-0.05, 0) is 42.8 Å². The number of esters is 2. The average Bonchev–Trinajstić information content (AvgIpc) is 2.62. The van der Waals surface area contributed by atoms with Crippen molar-refractivity contribution >= 4 is 11.9 Å². The second-order valence-corrected chi connectivity index (χ2v) is 5.46. The van der Waals surface area contributed by atoms with Crippen LogP contribution in [0.1, 0.15) is 36.5 Å². The van der Waals surface area contributed by atoms with Gasteiger partial charge in [0.2, 0.25) is 0 Å². The molecule has 0 aliphatic rings. The lowest BCUT2D eigenvalue weighted by Gasteiger charge is -2.06. The van der Waals surface area contributed by atoms with Crippen molar-refractivity contribution in [1.29, 1.82) is 0 Å². The summed E-state index contributed by atoms with van der Waals surface area (Å²) in [6.45, 7) is 2.06. The summed E-state index contributed by atoms with van der Waals surface area (Å²) in [5.41, 5.74) is 0.174. The third-order valence-corrected chi connectivity index (χ3v) is 3.39. The van der Waals surface area contributed by atoms with E-state index in [1.807, 2.05) is 0 Å². The molecule has 0 radical (unpaired) electrons. The Morgan fingerprint density at radius 2 is 1.65 bits per heavy atom. The van der Waals surface area contributed by atoms with Gasteiger partial charge in [-0.25, -0.2) is 18.4 Å². The summed E-state index contributed by atoms with van der Waals surface area (Å²) in [6.07, 6.45) is 5.96. The Kier molecular flexibility index (Phi) is 7.02. The molecule has 0 N–H and O–H groups in total. The molecule has 0 amide bonds. The number of carbonyl (C=O) groups excluding carboxylic acids is 2. The number of rotatable bonds is 7. The zero-order chi connectivity index (χ0) is 18.9. The largest absolute Gasteiger partial charge is 0.423 e. The third kappa shape index (κ3) is 5.81. The van der Waals surface area contributed by atoms with Crippen molar-refractivity contribution in [3.8, 4) is 11.5 Å². The van der Waals surface area contributed by atoms with Crippen molar-refractivity contribution in [1.82, 2.24) is 0 Å². The molecule has 136 valence electrons. The lowest BCUT2D eigenvalue weighted by atomic mass is 10.2. The zero-order valence-corrected chi connectivity index (χ0v) is 14.2. The highest BCUT2D eigenvalue weighted by Crippen LogP contribution is 2.18. The molecule has 26 heavy (non-hydrogen) atoms. The molecule has 0 heterocycles. The number of benzene rings is 2. The highest BCUT2D eigenvalue weighted by atomic mass is 19.2. The molecule has 0 bridgehead atoms. The van der Waals surface area contributed by atoms with E-state index in [9.17, 15) is 18.4 Å². The summed E-state index contributed by atoms with van der Waals surface area (Å²) in [6, 6.07) is 8.51. The fraction of sp³-hybridized carbons (Fsp3) is 0.200. The van der Waals surface area contributed by atoms with E-state index in [1.165, 1.54) is 30.3 Å². The lowest BCUT2D eigenvalue weighted by Crippen LogP contribution is -2.09. The number of halogens is 2. The minimum absolute atomic E-state index is 0.110. The molecule has 2 rings (SSSR count). The van der Waals surface area contributed by atoms with Crippen LogP contribution in [-0.2, 0) is 4.79 Å². The standard InChI is InChI=1S/C20H18F2O4/c1-2-3-4-5-6-19(23)25-15-9-7-14(8-10-15)20(24)26-16-11-12-17(21)18(22)13-16/h5-13H,2-4H2,1H3/b6-5+. The van der Waals surface area contributed by atoms with Gasteiger partial charge < -0.3 is 9.47 Å². The first-order valence-electron chi connectivity index (χ1n) is 8.15. The van der Waals surface area contributed by atoms with Crippen LogP contribution >= 0.6 is 0 Å². The van der Waals surface area contributed by atoms with Crippen LogP contribution in [0.2, 0.25) is 0 Å². The van der Waals surface area contributed by atoms with Crippen molar-refractivity contribution in [3.63, 3.8) is 0 Å². The van der Waals surface area contributed by atoms with Crippen molar-refractivity contribution in [2.75, 3.05) is 0 Å². The summed E-state index contributed by atoms with van der Waals surface area (Å²) in [5.74, 6) is -3.21. The van der Waals surface area contributed by atoms with Crippen molar-refractivity contribution in [3.05, 3.63) is 71.8 Å². The highest BCUT2D eigenvalue weighted by molar-refractivity contribution is 5.91. The Bertz CT molecular complexity index is 798.